The molecule has 0 radical (unpaired) electrons. The first-order chi connectivity index (χ1) is 9.65. The molecule has 5 heteroatoms. The van der Waals surface area contributed by atoms with Crippen molar-refractivity contribution in [3.05, 3.63) is 29.3 Å². The van der Waals surface area contributed by atoms with Crippen LogP contribution in [0.15, 0.2) is 18.2 Å². The smallest absolute Gasteiger partial charge is 0.307 e. The third-order valence-electron chi connectivity index (χ3n) is 3.44. The number of carbonyl (C=O) groups is 1. The van der Waals surface area contributed by atoms with Gasteiger partial charge in [-0.25, -0.2) is 0 Å². The van der Waals surface area contributed by atoms with E-state index in [0.29, 0.717) is 6.61 Å². The second-order valence-corrected chi connectivity index (χ2v) is 4.96. The van der Waals surface area contributed by atoms with Gasteiger partial charge in [0.2, 0.25) is 0 Å². The van der Waals surface area contributed by atoms with Gasteiger partial charge in [0.05, 0.1) is 19.6 Å². The van der Waals surface area contributed by atoms with Gasteiger partial charge in [-0.1, -0.05) is 6.07 Å². The van der Waals surface area contributed by atoms with E-state index in [1.54, 1.807) is 0 Å². The summed E-state index contributed by atoms with van der Waals surface area (Å²) in [4.78, 5) is 13.0. The van der Waals surface area contributed by atoms with Crippen LogP contribution >= 0.6 is 0 Å². The van der Waals surface area contributed by atoms with Crippen molar-refractivity contribution in [3.8, 4) is 5.75 Å². The average molecular weight is 279 g/mol. The summed E-state index contributed by atoms with van der Waals surface area (Å²) in [7, 11) is 0. The molecule has 110 valence electrons. The van der Waals surface area contributed by atoms with Gasteiger partial charge in [0.25, 0.3) is 0 Å². The summed E-state index contributed by atoms with van der Waals surface area (Å²) in [5.41, 5.74) is 1.79. The summed E-state index contributed by atoms with van der Waals surface area (Å²) in [6.07, 6.45) is 0.0554. The number of nitrogens with zero attached hydrogens (tertiary/aromatic N) is 1. The largest absolute Gasteiger partial charge is 0.492 e. The number of rotatable bonds is 6. The van der Waals surface area contributed by atoms with Crippen LogP contribution in [0.5, 0.6) is 5.75 Å². The summed E-state index contributed by atoms with van der Waals surface area (Å²) < 4.78 is 11.0. The van der Waals surface area contributed by atoms with Gasteiger partial charge >= 0.3 is 5.97 Å². The molecule has 0 aliphatic carbocycles. The molecule has 1 aliphatic rings. The predicted octanol–water partition coefficient (Wildman–Crippen LogP) is 1.33. The molecule has 0 amide bonds. The minimum atomic E-state index is -0.811. The fourth-order valence-electron chi connectivity index (χ4n) is 2.24. The number of aryl methyl sites for hydroxylation is 1. The second kappa shape index (κ2) is 7.26. The Morgan fingerprint density at radius 1 is 1.40 bits per heavy atom. The number of morpholine rings is 1. The maximum atomic E-state index is 10.7. The molecule has 1 heterocycles. The monoisotopic (exact) mass is 279 g/mol. The Kier molecular flexibility index (Phi) is 5.38. The Morgan fingerprint density at radius 3 is 2.80 bits per heavy atom. The Morgan fingerprint density at radius 2 is 2.15 bits per heavy atom. The quantitative estimate of drug-likeness (QED) is 0.851. The van der Waals surface area contributed by atoms with Gasteiger partial charge in [-0.3, -0.25) is 9.69 Å². The maximum Gasteiger partial charge on any atom is 0.307 e. The number of aliphatic carboxylic acids is 1. The molecule has 1 N–H and O–H groups in total. The summed E-state index contributed by atoms with van der Waals surface area (Å²) in [5, 5.41) is 8.80. The molecule has 0 unspecified atom stereocenters. The Labute approximate surface area is 119 Å². The molecule has 1 fully saturated rings. The van der Waals surface area contributed by atoms with E-state index in [9.17, 15) is 4.79 Å². The zero-order valence-electron chi connectivity index (χ0n) is 11.8. The van der Waals surface area contributed by atoms with Crippen molar-refractivity contribution in [1.29, 1.82) is 0 Å². The number of carboxylic acid groups (broad SMARTS) is 1. The maximum absolute atomic E-state index is 10.7. The number of hydrogen-bond acceptors (Lipinski definition) is 4. The molecule has 0 spiro atoms. The third kappa shape index (κ3) is 4.51. The molecule has 0 aromatic heterocycles. The van der Waals surface area contributed by atoms with Crippen LogP contribution in [0.2, 0.25) is 0 Å². The molecular weight excluding hydrogens is 258 g/mol. The van der Waals surface area contributed by atoms with E-state index >= 15 is 0 Å². The van der Waals surface area contributed by atoms with Crippen molar-refractivity contribution in [2.24, 2.45) is 0 Å². The fraction of sp³-hybridized carbons (Fsp3) is 0.533. The normalized spacial score (nSPS) is 16.1. The van der Waals surface area contributed by atoms with E-state index in [1.165, 1.54) is 0 Å². The number of carboxylic acids is 1. The lowest BCUT2D eigenvalue weighted by Gasteiger charge is -2.26. The van der Waals surface area contributed by atoms with E-state index < -0.39 is 5.97 Å². The van der Waals surface area contributed by atoms with Gasteiger partial charge in [0.1, 0.15) is 12.4 Å². The lowest BCUT2D eigenvalue weighted by molar-refractivity contribution is -0.136. The molecule has 0 bridgehead atoms. The summed E-state index contributed by atoms with van der Waals surface area (Å²) in [5.74, 6) is -0.0148. The lowest BCUT2D eigenvalue weighted by Crippen LogP contribution is -2.38. The first kappa shape index (κ1) is 14.8. The van der Waals surface area contributed by atoms with Gasteiger partial charge in [-0.05, 0) is 30.2 Å². The van der Waals surface area contributed by atoms with Crippen molar-refractivity contribution < 1.29 is 19.4 Å². The molecule has 0 atom stereocenters. The Hall–Kier alpha value is -1.59. The van der Waals surface area contributed by atoms with Crippen molar-refractivity contribution in [3.63, 3.8) is 0 Å². The molecule has 5 nitrogen and oxygen atoms in total. The van der Waals surface area contributed by atoms with Crippen molar-refractivity contribution in [2.75, 3.05) is 39.5 Å². The lowest BCUT2D eigenvalue weighted by atomic mass is 10.1. The predicted molar refractivity (Wildman–Crippen MR) is 75.3 cm³/mol. The molecule has 2 rings (SSSR count). The zero-order valence-corrected chi connectivity index (χ0v) is 11.8. The first-order valence-corrected chi connectivity index (χ1v) is 6.89. The van der Waals surface area contributed by atoms with Crippen LogP contribution in [-0.4, -0.2) is 55.4 Å². The van der Waals surface area contributed by atoms with Crippen LogP contribution < -0.4 is 4.74 Å². The van der Waals surface area contributed by atoms with Gasteiger partial charge in [-0.2, -0.15) is 0 Å². The standard InChI is InChI=1S/C15H21NO4/c1-12-10-14(3-2-13(12)11-15(17)18)20-9-6-16-4-7-19-8-5-16/h2-3,10H,4-9,11H2,1H3,(H,17,18). The van der Waals surface area contributed by atoms with Crippen LogP contribution in [0.1, 0.15) is 11.1 Å². The van der Waals surface area contributed by atoms with Gasteiger partial charge in [0.15, 0.2) is 0 Å². The minimum Gasteiger partial charge on any atom is -0.492 e. The van der Waals surface area contributed by atoms with E-state index in [4.69, 9.17) is 14.6 Å². The zero-order chi connectivity index (χ0) is 14.4. The van der Waals surface area contributed by atoms with E-state index in [0.717, 1.165) is 49.7 Å². The average Bonchev–Trinajstić information content (AvgIpc) is 2.43. The molecule has 1 aliphatic heterocycles. The molecule has 1 saturated heterocycles. The molecule has 1 aromatic carbocycles. The topological polar surface area (TPSA) is 59.0 Å². The highest BCUT2D eigenvalue weighted by Gasteiger charge is 2.10. The summed E-state index contributed by atoms with van der Waals surface area (Å²) in [6.45, 7) is 6.94. The van der Waals surface area contributed by atoms with Crippen LogP contribution in [0.25, 0.3) is 0 Å². The van der Waals surface area contributed by atoms with Crippen LogP contribution in [0, 0.1) is 6.92 Å². The fourth-order valence-corrected chi connectivity index (χ4v) is 2.24. The molecule has 1 aromatic rings. The Bertz CT molecular complexity index is 455. The SMILES string of the molecule is Cc1cc(OCCN2CCOCC2)ccc1CC(=O)O. The minimum absolute atomic E-state index is 0.0554. The van der Waals surface area contributed by atoms with Crippen molar-refractivity contribution in [2.45, 2.75) is 13.3 Å². The van der Waals surface area contributed by atoms with Gasteiger partial charge in [-0.15, -0.1) is 0 Å². The van der Waals surface area contributed by atoms with Crippen molar-refractivity contribution in [1.82, 2.24) is 4.90 Å². The molecule has 0 saturated carbocycles. The Balaban J connectivity index is 1.80. The van der Waals surface area contributed by atoms with E-state index in [-0.39, 0.29) is 6.42 Å². The summed E-state index contributed by atoms with van der Waals surface area (Å²) in [6, 6.07) is 5.57. The highest BCUT2D eigenvalue weighted by molar-refractivity contribution is 5.70. The van der Waals surface area contributed by atoms with E-state index in [2.05, 4.69) is 4.90 Å². The third-order valence-corrected chi connectivity index (χ3v) is 3.44. The highest BCUT2D eigenvalue weighted by Crippen LogP contribution is 2.17. The molecule has 20 heavy (non-hydrogen) atoms. The number of ether oxygens (including phenoxy) is 2. The number of benzene rings is 1. The first-order valence-electron chi connectivity index (χ1n) is 6.89. The van der Waals surface area contributed by atoms with Gasteiger partial charge < -0.3 is 14.6 Å². The van der Waals surface area contributed by atoms with Crippen LogP contribution in [0.4, 0.5) is 0 Å². The number of hydrogen-bond donors (Lipinski definition) is 1. The van der Waals surface area contributed by atoms with E-state index in [1.807, 2.05) is 25.1 Å². The summed E-state index contributed by atoms with van der Waals surface area (Å²) >= 11 is 0. The van der Waals surface area contributed by atoms with Gasteiger partial charge in [0, 0.05) is 19.6 Å². The van der Waals surface area contributed by atoms with Crippen LogP contribution in [0.3, 0.4) is 0 Å². The highest BCUT2D eigenvalue weighted by atomic mass is 16.5. The molecular formula is C15H21NO4. The van der Waals surface area contributed by atoms with Crippen LogP contribution in [-0.2, 0) is 16.0 Å². The second-order valence-electron chi connectivity index (χ2n) is 4.96. The van der Waals surface area contributed by atoms with Crippen molar-refractivity contribution >= 4 is 5.97 Å².